The van der Waals surface area contributed by atoms with Gasteiger partial charge in [0, 0.05) is 30.9 Å². The normalized spacial score (nSPS) is 10.6. The third-order valence-electron chi connectivity index (χ3n) is 3.82. The molecule has 0 radical (unpaired) electrons. The van der Waals surface area contributed by atoms with Gasteiger partial charge < -0.3 is 33.6 Å². The first kappa shape index (κ1) is 16.7. The highest BCUT2D eigenvalue weighted by Gasteiger charge is 2.11. The molecule has 0 aliphatic rings. The number of aryl methyl sites for hydroxylation is 1. The maximum absolute atomic E-state index is 6.00. The molecule has 0 aliphatic carbocycles. The van der Waals surface area contributed by atoms with Crippen molar-refractivity contribution in [2.45, 2.75) is 20.4 Å². The van der Waals surface area contributed by atoms with Crippen molar-refractivity contribution in [1.82, 2.24) is 4.98 Å². The summed E-state index contributed by atoms with van der Waals surface area (Å²) in [4.78, 5) is 4.49. The van der Waals surface area contributed by atoms with Gasteiger partial charge in [0.25, 0.3) is 0 Å². The average molecular weight is 315 g/mol. The molecule has 0 aliphatic heterocycles. The molecule has 0 amide bonds. The second kappa shape index (κ2) is 7.06. The maximum atomic E-state index is 6.00. The molecule has 0 fully saturated rings. The molecule has 0 saturated carbocycles. The summed E-state index contributed by atoms with van der Waals surface area (Å²) in [6.45, 7) is 5.60. The standard InChI is InChI=1S/C16H25N7/c1-9-12(8-17)16(23-10(2)15(9)20)22-6-5-21-14-4-3-11(18)7-13(14)19/h3-4,7,21H,5-6,8,17-20H2,1-2H3,(H,22,23). The average Bonchev–Trinajstić information content (AvgIpc) is 2.51. The van der Waals surface area contributed by atoms with Crippen LogP contribution in [0.4, 0.5) is 28.6 Å². The van der Waals surface area contributed by atoms with Gasteiger partial charge in [0.15, 0.2) is 0 Å². The molecule has 1 aromatic carbocycles. The van der Waals surface area contributed by atoms with Crippen LogP contribution in [0.5, 0.6) is 0 Å². The Bertz CT molecular complexity index is 697. The summed E-state index contributed by atoms with van der Waals surface area (Å²) in [5.41, 5.74) is 29.0. The minimum atomic E-state index is 0.393. The Balaban J connectivity index is 1.99. The lowest BCUT2D eigenvalue weighted by Gasteiger charge is -2.16. The summed E-state index contributed by atoms with van der Waals surface area (Å²) < 4.78 is 0. The van der Waals surface area contributed by atoms with Crippen LogP contribution in [-0.2, 0) is 6.54 Å². The van der Waals surface area contributed by atoms with E-state index in [1.54, 1.807) is 6.07 Å². The number of nitrogens with zero attached hydrogens (tertiary/aromatic N) is 1. The Kier molecular flexibility index (Phi) is 5.13. The Morgan fingerprint density at radius 2 is 1.74 bits per heavy atom. The fraction of sp³-hybridized carbons (Fsp3) is 0.312. The first-order chi connectivity index (χ1) is 10.9. The highest BCUT2D eigenvalue weighted by Crippen LogP contribution is 2.25. The largest absolute Gasteiger partial charge is 0.399 e. The predicted octanol–water partition coefficient (Wildman–Crippen LogP) is 1.43. The summed E-state index contributed by atoms with van der Waals surface area (Å²) in [6, 6.07) is 5.41. The topological polar surface area (TPSA) is 141 Å². The molecule has 124 valence electrons. The van der Waals surface area contributed by atoms with Crippen molar-refractivity contribution in [2.24, 2.45) is 5.73 Å². The van der Waals surface area contributed by atoms with E-state index in [0.29, 0.717) is 36.7 Å². The number of aromatic nitrogens is 1. The van der Waals surface area contributed by atoms with Gasteiger partial charge in [-0.15, -0.1) is 0 Å². The Hall–Kier alpha value is -2.67. The molecule has 7 heteroatoms. The number of pyridine rings is 1. The first-order valence-corrected chi connectivity index (χ1v) is 7.52. The van der Waals surface area contributed by atoms with Gasteiger partial charge in [0.1, 0.15) is 5.82 Å². The minimum Gasteiger partial charge on any atom is -0.399 e. The van der Waals surface area contributed by atoms with Gasteiger partial charge in [0.05, 0.1) is 22.8 Å². The van der Waals surface area contributed by atoms with Crippen LogP contribution in [0.1, 0.15) is 16.8 Å². The summed E-state index contributed by atoms with van der Waals surface area (Å²) in [5, 5.41) is 6.56. The van der Waals surface area contributed by atoms with Gasteiger partial charge in [-0.2, -0.15) is 0 Å². The van der Waals surface area contributed by atoms with Crippen molar-refractivity contribution < 1.29 is 0 Å². The number of hydrogen-bond acceptors (Lipinski definition) is 7. The first-order valence-electron chi connectivity index (χ1n) is 7.52. The molecule has 0 bridgehead atoms. The van der Waals surface area contributed by atoms with E-state index < -0.39 is 0 Å². The fourth-order valence-electron chi connectivity index (χ4n) is 2.42. The van der Waals surface area contributed by atoms with Gasteiger partial charge in [-0.1, -0.05) is 0 Å². The summed E-state index contributed by atoms with van der Waals surface area (Å²) in [6.07, 6.45) is 0. The highest BCUT2D eigenvalue weighted by molar-refractivity contribution is 5.70. The molecule has 7 nitrogen and oxygen atoms in total. The van der Waals surface area contributed by atoms with Gasteiger partial charge in [-0.05, 0) is 37.6 Å². The van der Waals surface area contributed by atoms with Crippen LogP contribution in [-0.4, -0.2) is 18.1 Å². The summed E-state index contributed by atoms with van der Waals surface area (Å²) in [7, 11) is 0. The number of anilines is 5. The van der Waals surface area contributed by atoms with Crippen molar-refractivity contribution in [2.75, 3.05) is 40.9 Å². The van der Waals surface area contributed by atoms with E-state index in [1.165, 1.54) is 0 Å². The molecule has 1 aromatic heterocycles. The van der Waals surface area contributed by atoms with E-state index in [1.807, 2.05) is 26.0 Å². The lowest BCUT2D eigenvalue weighted by molar-refractivity contribution is 0.985. The smallest absolute Gasteiger partial charge is 0.131 e. The van der Waals surface area contributed by atoms with Crippen molar-refractivity contribution in [3.8, 4) is 0 Å². The van der Waals surface area contributed by atoms with E-state index in [4.69, 9.17) is 22.9 Å². The zero-order valence-electron chi connectivity index (χ0n) is 13.6. The van der Waals surface area contributed by atoms with E-state index in [9.17, 15) is 0 Å². The van der Waals surface area contributed by atoms with Crippen LogP contribution in [0.2, 0.25) is 0 Å². The monoisotopic (exact) mass is 315 g/mol. The van der Waals surface area contributed by atoms with E-state index >= 15 is 0 Å². The second-order valence-corrected chi connectivity index (χ2v) is 5.47. The van der Waals surface area contributed by atoms with Crippen LogP contribution in [0.15, 0.2) is 18.2 Å². The maximum Gasteiger partial charge on any atom is 0.131 e. The molecule has 23 heavy (non-hydrogen) atoms. The van der Waals surface area contributed by atoms with Crippen LogP contribution >= 0.6 is 0 Å². The van der Waals surface area contributed by atoms with Crippen LogP contribution < -0.4 is 33.6 Å². The van der Waals surface area contributed by atoms with Crippen molar-refractivity contribution in [3.05, 3.63) is 35.0 Å². The molecule has 0 unspecified atom stereocenters. The molecule has 0 saturated heterocycles. The quantitative estimate of drug-likeness (QED) is 0.350. The van der Waals surface area contributed by atoms with Crippen LogP contribution in [0.25, 0.3) is 0 Å². The molecule has 2 rings (SSSR count). The van der Waals surface area contributed by atoms with E-state index in [2.05, 4.69) is 15.6 Å². The Labute approximate surface area is 136 Å². The molecule has 1 heterocycles. The summed E-state index contributed by atoms with van der Waals surface area (Å²) >= 11 is 0. The molecule has 2 aromatic rings. The molecular formula is C16H25N7. The SMILES string of the molecule is Cc1nc(NCCNc2ccc(N)cc2N)c(CN)c(C)c1N. The third kappa shape index (κ3) is 3.75. The van der Waals surface area contributed by atoms with Gasteiger partial charge in [-0.25, -0.2) is 4.98 Å². The van der Waals surface area contributed by atoms with Gasteiger partial charge in [0.2, 0.25) is 0 Å². The van der Waals surface area contributed by atoms with Gasteiger partial charge in [-0.3, -0.25) is 0 Å². The minimum absolute atomic E-state index is 0.393. The molecule has 10 N–H and O–H groups in total. The van der Waals surface area contributed by atoms with Crippen LogP contribution in [0.3, 0.4) is 0 Å². The number of benzene rings is 1. The fourth-order valence-corrected chi connectivity index (χ4v) is 2.42. The summed E-state index contributed by atoms with van der Waals surface area (Å²) in [5.74, 6) is 0.781. The third-order valence-corrected chi connectivity index (χ3v) is 3.82. The lowest BCUT2D eigenvalue weighted by atomic mass is 10.1. The number of rotatable bonds is 6. The van der Waals surface area contributed by atoms with Crippen molar-refractivity contribution >= 4 is 28.6 Å². The lowest BCUT2D eigenvalue weighted by Crippen LogP contribution is -2.18. The number of nitrogen functional groups attached to an aromatic ring is 3. The number of nitrogens with two attached hydrogens (primary N) is 4. The van der Waals surface area contributed by atoms with Crippen LogP contribution in [0, 0.1) is 13.8 Å². The number of nitrogens with one attached hydrogen (secondary N) is 2. The van der Waals surface area contributed by atoms with Gasteiger partial charge >= 0.3 is 0 Å². The number of hydrogen-bond donors (Lipinski definition) is 6. The Morgan fingerprint density at radius 1 is 1.04 bits per heavy atom. The zero-order chi connectivity index (χ0) is 17.0. The molecular weight excluding hydrogens is 290 g/mol. The van der Waals surface area contributed by atoms with Crippen molar-refractivity contribution in [3.63, 3.8) is 0 Å². The molecule has 0 atom stereocenters. The predicted molar refractivity (Wildman–Crippen MR) is 98.3 cm³/mol. The zero-order valence-corrected chi connectivity index (χ0v) is 13.6. The second-order valence-electron chi connectivity index (χ2n) is 5.47. The highest BCUT2D eigenvalue weighted by atomic mass is 15.0. The Morgan fingerprint density at radius 3 is 2.39 bits per heavy atom. The van der Waals surface area contributed by atoms with E-state index in [0.717, 1.165) is 28.3 Å². The van der Waals surface area contributed by atoms with E-state index in [-0.39, 0.29) is 0 Å². The molecule has 0 spiro atoms. The van der Waals surface area contributed by atoms with Crippen molar-refractivity contribution in [1.29, 1.82) is 0 Å².